The van der Waals surface area contributed by atoms with Crippen molar-refractivity contribution in [3.05, 3.63) is 29.8 Å². The molecular formula is C11H15NO2. The van der Waals surface area contributed by atoms with Crippen LogP contribution in [0.1, 0.15) is 5.56 Å². The summed E-state index contributed by atoms with van der Waals surface area (Å²) < 4.78 is 10.6. The molecule has 1 N–H and O–H groups in total. The lowest BCUT2D eigenvalue weighted by atomic mass is 9.88. The maximum Gasteiger partial charge on any atom is 0.118 e. The van der Waals surface area contributed by atoms with Crippen LogP contribution in [0.15, 0.2) is 24.3 Å². The molecule has 0 unspecified atom stereocenters. The predicted octanol–water partition coefficient (Wildman–Crippen LogP) is 1.14. The molecule has 3 heteroatoms. The Balaban J connectivity index is 2.23. The fraction of sp³-hybridized carbons (Fsp3) is 0.455. The second kappa shape index (κ2) is 3.59. The van der Waals surface area contributed by atoms with Crippen LogP contribution in [0.2, 0.25) is 0 Å². The third kappa shape index (κ3) is 1.38. The topological polar surface area (TPSA) is 30.5 Å². The molecule has 1 aromatic carbocycles. The van der Waals surface area contributed by atoms with Crippen LogP contribution in [0.4, 0.5) is 0 Å². The molecule has 0 radical (unpaired) electrons. The molecule has 0 spiro atoms. The maximum absolute atomic E-state index is 5.53. The minimum Gasteiger partial charge on any atom is -0.497 e. The first-order valence-corrected chi connectivity index (χ1v) is 4.71. The van der Waals surface area contributed by atoms with Gasteiger partial charge in [0.15, 0.2) is 0 Å². The average Bonchev–Trinajstić information content (AvgIpc) is 2.18. The van der Waals surface area contributed by atoms with Crippen molar-refractivity contribution in [2.75, 3.05) is 27.3 Å². The van der Waals surface area contributed by atoms with Crippen molar-refractivity contribution in [1.82, 2.24) is 5.32 Å². The summed E-state index contributed by atoms with van der Waals surface area (Å²) in [6.45, 7) is 1.77. The van der Waals surface area contributed by atoms with Crippen LogP contribution in [0.5, 0.6) is 5.75 Å². The smallest absolute Gasteiger partial charge is 0.118 e. The Morgan fingerprint density at radius 3 is 2.14 bits per heavy atom. The van der Waals surface area contributed by atoms with Crippen molar-refractivity contribution in [1.29, 1.82) is 0 Å². The van der Waals surface area contributed by atoms with Gasteiger partial charge >= 0.3 is 0 Å². The summed E-state index contributed by atoms with van der Waals surface area (Å²) >= 11 is 0. The summed E-state index contributed by atoms with van der Waals surface area (Å²) in [7, 11) is 3.43. The normalized spacial score (nSPS) is 18.7. The van der Waals surface area contributed by atoms with Gasteiger partial charge in [-0.15, -0.1) is 0 Å². The van der Waals surface area contributed by atoms with Crippen molar-refractivity contribution in [2.24, 2.45) is 0 Å². The maximum atomic E-state index is 5.53. The van der Waals surface area contributed by atoms with Gasteiger partial charge in [-0.1, -0.05) is 12.1 Å². The second-order valence-corrected chi connectivity index (χ2v) is 3.53. The standard InChI is InChI=1S/C11H15NO2/c1-13-10-5-3-9(4-6-10)11(14-2)7-12-8-11/h3-6,12H,7-8H2,1-2H3. The summed E-state index contributed by atoms with van der Waals surface area (Å²) in [5.74, 6) is 0.882. The van der Waals surface area contributed by atoms with E-state index in [2.05, 4.69) is 17.4 Å². The molecule has 2 rings (SSSR count). The van der Waals surface area contributed by atoms with Gasteiger partial charge in [-0.05, 0) is 17.7 Å². The third-order valence-corrected chi connectivity index (χ3v) is 2.83. The molecular weight excluding hydrogens is 178 g/mol. The van der Waals surface area contributed by atoms with Crippen LogP contribution in [-0.2, 0) is 10.3 Å². The van der Waals surface area contributed by atoms with Gasteiger partial charge in [-0.25, -0.2) is 0 Å². The number of benzene rings is 1. The molecule has 0 bridgehead atoms. The predicted molar refractivity (Wildman–Crippen MR) is 54.6 cm³/mol. The number of hydrogen-bond acceptors (Lipinski definition) is 3. The Kier molecular flexibility index (Phi) is 2.44. The van der Waals surface area contributed by atoms with Crippen molar-refractivity contribution in [2.45, 2.75) is 5.60 Å². The lowest BCUT2D eigenvalue weighted by Crippen LogP contribution is -2.57. The highest BCUT2D eigenvalue weighted by atomic mass is 16.5. The molecule has 3 nitrogen and oxygen atoms in total. The average molecular weight is 193 g/mol. The molecule has 0 atom stereocenters. The molecule has 0 amide bonds. The van der Waals surface area contributed by atoms with E-state index >= 15 is 0 Å². The van der Waals surface area contributed by atoms with E-state index < -0.39 is 0 Å². The SMILES string of the molecule is COc1ccc(C2(OC)CNC2)cc1. The van der Waals surface area contributed by atoms with Crippen LogP contribution in [0.25, 0.3) is 0 Å². The van der Waals surface area contributed by atoms with E-state index in [4.69, 9.17) is 9.47 Å². The summed E-state index contributed by atoms with van der Waals surface area (Å²) in [6, 6.07) is 8.05. The van der Waals surface area contributed by atoms with E-state index in [0.717, 1.165) is 18.8 Å². The van der Waals surface area contributed by atoms with Crippen molar-refractivity contribution < 1.29 is 9.47 Å². The van der Waals surface area contributed by atoms with Gasteiger partial charge in [0.05, 0.1) is 7.11 Å². The fourth-order valence-corrected chi connectivity index (χ4v) is 1.71. The van der Waals surface area contributed by atoms with Crippen LogP contribution in [0.3, 0.4) is 0 Å². The zero-order chi connectivity index (χ0) is 10.0. The first-order valence-electron chi connectivity index (χ1n) is 4.71. The molecule has 0 saturated carbocycles. The quantitative estimate of drug-likeness (QED) is 0.781. The number of ether oxygens (including phenoxy) is 2. The molecule has 1 aliphatic heterocycles. The summed E-state index contributed by atoms with van der Waals surface area (Å²) in [4.78, 5) is 0. The van der Waals surface area contributed by atoms with Crippen molar-refractivity contribution in [3.8, 4) is 5.75 Å². The highest BCUT2D eigenvalue weighted by molar-refractivity contribution is 5.33. The van der Waals surface area contributed by atoms with E-state index in [1.54, 1.807) is 14.2 Å². The Morgan fingerprint density at radius 2 is 1.79 bits per heavy atom. The number of rotatable bonds is 3. The van der Waals surface area contributed by atoms with E-state index in [1.165, 1.54) is 5.56 Å². The highest BCUT2D eigenvalue weighted by Crippen LogP contribution is 2.30. The molecule has 0 aromatic heterocycles. The minimum atomic E-state index is -0.119. The largest absolute Gasteiger partial charge is 0.497 e. The molecule has 0 aliphatic carbocycles. The summed E-state index contributed by atoms with van der Waals surface area (Å²) in [6.07, 6.45) is 0. The molecule has 1 aliphatic rings. The van der Waals surface area contributed by atoms with Gasteiger partial charge < -0.3 is 14.8 Å². The van der Waals surface area contributed by atoms with Gasteiger partial charge in [-0.3, -0.25) is 0 Å². The lowest BCUT2D eigenvalue weighted by molar-refractivity contribution is -0.0565. The van der Waals surface area contributed by atoms with Crippen LogP contribution in [-0.4, -0.2) is 27.3 Å². The van der Waals surface area contributed by atoms with Crippen LogP contribution < -0.4 is 10.1 Å². The van der Waals surface area contributed by atoms with Gasteiger partial charge in [0.1, 0.15) is 11.4 Å². The Bertz CT molecular complexity index is 298. The Hall–Kier alpha value is -1.06. The van der Waals surface area contributed by atoms with Gasteiger partial charge in [0.2, 0.25) is 0 Å². The van der Waals surface area contributed by atoms with E-state index in [9.17, 15) is 0 Å². The van der Waals surface area contributed by atoms with E-state index in [-0.39, 0.29) is 5.60 Å². The van der Waals surface area contributed by atoms with Gasteiger partial charge in [0.25, 0.3) is 0 Å². The summed E-state index contributed by atoms with van der Waals surface area (Å²) in [5, 5.41) is 3.22. The van der Waals surface area contributed by atoms with E-state index in [1.807, 2.05) is 12.1 Å². The van der Waals surface area contributed by atoms with E-state index in [0.29, 0.717) is 0 Å². The molecule has 1 saturated heterocycles. The molecule has 76 valence electrons. The van der Waals surface area contributed by atoms with Crippen molar-refractivity contribution >= 4 is 0 Å². The molecule has 14 heavy (non-hydrogen) atoms. The van der Waals surface area contributed by atoms with Crippen molar-refractivity contribution in [3.63, 3.8) is 0 Å². The number of nitrogens with one attached hydrogen (secondary N) is 1. The van der Waals surface area contributed by atoms with Crippen LogP contribution >= 0.6 is 0 Å². The Morgan fingerprint density at radius 1 is 1.14 bits per heavy atom. The van der Waals surface area contributed by atoms with Crippen LogP contribution in [0, 0.1) is 0 Å². The molecule has 1 aromatic rings. The monoisotopic (exact) mass is 193 g/mol. The first kappa shape index (κ1) is 9.49. The molecule has 1 fully saturated rings. The number of hydrogen-bond donors (Lipinski definition) is 1. The third-order valence-electron chi connectivity index (χ3n) is 2.83. The number of methoxy groups -OCH3 is 2. The summed E-state index contributed by atoms with van der Waals surface area (Å²) in [5.41, 5.74) is 1.09. The second-order valence-electron chi connectivity index (χ2n) is 3.53. The van der Waals surface area contributed by atoms with Gasteiger partial charge in [0, 0.05) is 20.2 Å². The molecule has 1 heterocycles. The Labute approximate surface area is 84.0 Å². The zero-order valence-electron chi connectivity index (χ0n) is 8.54. The highest BCUT2D eigenvalue weighted by Gasteiger charge is 2.38. The lowest BCUT2D eigenvalue weighted by Gasteiger charge is -2.41. The fourth-order valence-electron chi connectivity index (χ4n) is 1.71. The zero-order valence-corrected chi connectivity index (χ0v) is 8.54. The van der Waals surface area contributed by atoms with Gasteiger partial charge in [-0.2, -0.15) is 0 Å². The minimum absolute atomic E-state index is 0.119. The first-order chi connectivity index (χ1) is 6.80.